The second-order valence-corrected chi connectivity index (χ2v) is 6.13. The molecule has 0 spiro atoms. The van der Waals surface area contributed by atoms with E-state index >= 15 is 0 Å². The van der Waals surface area contributed by atoms with Gasteiger partial charge in [0.1, 0.15) is 0 Å². The SMILES string of the molecule is CC(=O)c1ccc(N2CCCC(C)C2C)c(Br)c1. The summed E-state index contributed by atoms with van der Waals surface area (Å²) in [5.41, 5.74) is 1.97. The van der Waals surface area contributed by atoms with Gasteiger partial charge < -0.3 is 4.90 Å². The Morgan fingerprint density at radius 2 is 2.11 bits per heavy atom. The number of hydrogen-bond donors (Lipinski definition) is 0. The molecule has 1 saturated heterocycles. The summed E-state index contributed by atoms with van der Waals surface area (Å²) in [5, 5.41) is 0. The highest BCUT2D eigenvalue weighted by molar-refractivity contribution is 9.10. The van der Waals surface area contributed by atoms with E-state index in [1.807, 2.05) is 12.1 Å². The van der Waals surface area contributed by atoms with Crippen molar-refractivity contribution in [3.8, 4) is 0 Å². The molecule has 1 fully saturated rings. The van der Waals surface area contributed by atoms with Gasteiger partial charge in [-0.25, -0.2) is 0 Å². The first-order valence-corrected chi connectivity index (χ1v) is 7.37. The number of carbonyl (C=O) groups excluding carboxylic acids is 1. The van der Waals surface area contributed by atoms with E-state index < -0.39 is 0 Å². The molecule has 3 heteroatoms. The van der Waals surface area contributed by atoms with Gasteiger partial charge in [-0.3, -0.25) is 4.79 Å². The molecule has 2 unspecified atom stereocenters. The second-order valence-electron chi connectivity index (χ2n) is 5.28. The number of nitrogens with zero attached hydrogens (tertiary/aromatic N) is 1. The van der Waals surface area contributed by atoms with Crippen LogP contribution in [0.3, 0.4) is 0 Å². The lowest BCUT2D eigenvalue weighted by Gasteiger charge is -2.40. The monoisotopic (exact) mass is 309 g/mol. The topological polar surface area (TPSA) is 20.3 Å². The van der Waals surface area contributed by atoms with Crippen LogP contribution in [0.1, 0.15) is 44.0 Å². The average molecular weight is 310 g/mol. The number of ketones is 1. The molecule has 1 heterocycles. The highest BCUT2D eigenvalue weighted by atomic mass is 79.9. The van der Waals surface area contributed by atoms with Crippen molar-refractivity contribution in [2.75, 3.05) is 11.4 Å². The predicted molar refractivity (Wildman–Crippen MR) is 79.4 cm³/mol. The van der Waals surface area contributed by atoms with E-state index in [0.29, 0.717) is 6.04 Å². The van der Waals surface area contributed by atoms with E-state index in [1.54, 1.807) is 6.92 Å². The zero-order valence-corrected chi connectivity index (χ0v) is 12.8. The molecule has 0 N–H and O–H groups in total. The smallest absolute Gasteiger partial charge is 0.159 e. The molecule has 0 saturated carbocycles. The van der Waals surface area contributed by atoms with Gasteiger partial charge in [0.2, 0.25) is 0 Å². The molecule has 1 aromatic rings. The van der Waals surface area contributed by atoms with Crippen molar-refractivity contribution >= 4 is 27.4 Å². The number of hydrogen-bond acceptors (Lipinski definition) is 2. The average Bonchev–Trinajstić information content (AvgIpc) is 2.33. The summed E-state index contributed by atoms with van der Waals surface area (Å²) in [5.74, 6) is 0.834. The van der Waals surface area contributed by atoms with Gasteiger partial charge in [-0.05, 0) is 66.7 Å². The molecule has 0 bridgehead atoms. The molecule has 0 aromatic heterocycles. The Kier molecular flexibility index (Phi) is 4.10. The molecule has 98 valence electrons. The zero-order valence-electron chi connectivity index (χ0n) is 11.2. The lowest BCUT2D eigenvalue weighted by Crippen LogP contribution is -2.42. The van der Waals surface area contributed by atoms with Crippen LogP contribution in [0.25, 0.3) is 0 Å². The van der Waals surface area contributed by atoms with Gasteiger partial charge in [0.15, 0.2) is 5.78 Å². The number of halogens is 1. The molecule has 0 amide bonds. The minimum atomic E-state index is 0.113. The minimum Gasteiger partial charge on any atom is -0.368 e. The summed E-state index contributed by atoms with van der Waals surface area (Å²) >= 11 is 3.60. The normalized spacial score (nSPS) is 24.1. The maximum atomic E-state index is 11.4. The first kappa shape index (κ1) is 13.6. The number of rotatable bonds is 2. The second kappa shape index (κ2) is 5.43. The van der Waals surface area contributed by atoms with E-state index in [0.717, 1.165) is 22.5 Å². The van der Waals surface area contributed by atoms with Crippen LogP contribution in [-0.2, 0) is 0 Å². The van der Waals surface area contributed by atoms with Crippen molar-refractivity contribution in [3.63, 3.8) is 0 Å². The fourth-order valence-electron chi connectivity index (χ4n) is 2.63. The molecular formula is C15H20BrNO. The van der Waals surface area contributed by atoms with E-state index in [1.165, 1.54) is 18.5 Å². The molecular weight excluding hydrogens is 290 g/mol. The van der Waals surface area contributed by atoms with Crippen LogP contribution in [-0.4, -0.2) is 18.4 Å². The molecule has 1 aromatic carbocycles. The fraction of sp³-hybridized carbons (Fsp3) is 0.533. The van der Waals surface area contributed by atoms with Crippen LogP contribution < -0.4 is 4.90 Å². The standard InChI is InChI=1S/C15H20BrNO/c1-10-5-4-8-17(11(10)2)15-7-6-13(12(3)18)9-14(15)16/h6-7,9-11H,4-5,8H2,1-3H3. The molecule has 2 rings (SSSR count). The third-order valence-electron chi connectivity index (χ3n) is 4.04. The Hall–Kier alpha value is -0.830. The van der Waals surface area contributed by atoms with Gasteiger partial charge in [0.05, 0.1) is 5.69 Å². The van der Waals surface area contributed by atoms with Crippen LogP contribution >= 0.6 is 15.9 Å². The van der Waals surface area contributed by atoms with E-state index in [4.69, 9.17) is 0 Å². The Bertz CT molecular complexity index is 458. The van der Waals surface area contributed by atoms with Crippen molar-refractivity contribution in [2.24, 2.45) is 5.92 Å². The Balaban J connectivity index is 2.30. The minimum absolute atomic E-state index is 0.113. The van der Waals surface area contributed by atoms with Gasteiger partial charge in [0.25, 0.3) is 0 Å². The zero-order chi connectivity index (χ0) is 13.3. The highest BCUT2D eigenvalue weighted by Gasteiger charge is 2.26. The van der Waals surface area contributed by atoms with Crippen LogP contribution in [0.4, 0.5) is 5.69 Å². The number of Topliss-reactive ketones (excluding diaryl/α,β-unsaturated/α-hetero) is 1. The van der Waals surface area contributed by atoms with E-state index in [2.05, 4.69) is 40.7 Å². The van der Waals surface area contributed by atoms with Gasteiger partial charge in [-0.15, -0.1) is 0 Å². The summed E-state index contributed by atoms with van der Waals surface area (Å²) in [6.45, 7) is 7.31. The molecule has 1 aliphatic heterocycles. The molecule has 18 heavy (non-hydrogen) atoms. The first-order valence-electron chi connectivity index (χ1n) is 6.58. The first-order chi connectivity index (χ1) is 8.50. The summed E-state index contributed by atoms with van der Waals surface area (Å²) < 4.78 is 1.02. The summed E-state index contributed by atoms with van der Waals surface area (Å²) in [6, 6.07) is 6.48. The molecule has 0 aliphatic carbocycles. The third kappa shape index (κ3) is 2.61. The van der Waals surface area contributed by atoms with E-state index in [9.17, 15) is 4.79 Å². The maximum Gasteiger partial charge on any atom is 0.159 e. The molecule has 0 radical (unpaired) electrons. The Morgan fingerprint density at radius 1 is 1.39 bits per heavy atom. The van der Waals surface area contributed by atoms with Crippen LogP contribution in [0.5, 0.6) is 0 Å². The third-order valence-corrected chi connectivity index (χ3v) is 4.67. The molecule has 2 atom stereocenters. The Labute approximate surface area is 117 Å². The highest BCUT2D eigenvalue weighted by Crippen LogP contribution is 2.34. The van der Waals surface area contributed by atoms with Crippen molar-refractivity contribution in [3.05, 3.63) is 28.2 Å². The van der Waals surface area contributed by atoms with Crippen molar-refractivity contribution in [1.82, 2.24) is 0 Å². The summed E-state index contributed by atoms with van der Waals surface area (Å²) in [6.07, 6.45) is 2.55. The van der Waals surface area contributed by atoms with Crippen LogP contribution in [0, 0.1) is 5.92 Å². The molecule has 1 aliphatic rings. The lowest BCUT2D eigenvalue weighted by atomic mass is 9.91. The van der Waals surface area contributed by atoms with Gasteiger partial charge in [-0.1, -0.05) is 6.92 Å². The summed E-state index contributed by atoms with van der Waals surface area (Å²) in [4.78, 5) is 13.8. The van der Waals surface area contributed by atoms with Crippen molar-refractivity contribution in [1.29, 1.82) is 0 Å². The molecule has 2 nitrogen and oxygen atoms in total. The van der Waals surface area contributed by atoms with Gasteiger partial charge in [-0.2, -0.15) is 0 Å². The quantitative estimate of drug-likeness (QED) is 0.760. The largest absolute Gasteiger partial charge is 0.368 e. The Morgan fingerprint density at radius 3 is 2.72 bits per heavy atom. The van der Waals surface area contributed by atoms with Crippen molar-refractivity contribution in [2.45, 2.75) is 39.7 Å². The summed E-state index contributed by atoms with van der Waals surface area (Å²) in [7, 11) is 0. The van der Waals surface area contributed by atoms with Crippen LogP contribution in [0.15, 0.2) is 22.7 Å². The van der Waals surface area contributed by atoms with Crippen molar-refractivity contribution < 1.29 is 4.79 Å². The number of anilines is 1. The maximum absolute atomic E-state index is 11.4. The predicted octanol–water partition coefficient (Wildman–Crippen LogP) is 4.28. The number of piperidine rings is 1. The fourth-order valence-corrected chi connectivity index (χ4v) is 3.24. The lowest BCUT2D eigenvalue weighted by molar-refractivity contribution is 0.101. The van der Waals surface area contributed by atoms with Gasteiger partial charge >= 0.3 is 0 Å². The number of carbonyl (C=O) groups is 1. The van der Waals surface area contributed by atoms with Crippen LogP contribution in [0.2, 0.25) is 0 Å². The number of benzene rings is 1. The van der Waals surface area contributed by atoms with E-state index in [-0.39, 0.29) is 5.78 Å². The van der Waals surface area contributed by atoms with Gasteiger partial charge in [0, 0.05) is 22.6 Å².